The Balaban J connectivity index is 0.000000606. The highest BCUT2D eigenvalue weighted by molar-refractivity contribution is 7.15. The summed E-state index contributed by atoms with van der Waals surface area (Å²) in [5.41, 5.74) is 3.62. The highest BCUT2D eigenvalue weighted by Gasteiger charge is 2.15. The van der Waals surface area contributed by atoms with Gasteiger partial charge in [-0.05, 0) is 37.5 Å². The standard InChI is InChI=1S/C10H10FNOS.C2H6/c1-6-2-3-7-5-9(10(13)12-11)14-8(7)4-6;1-2/h4-5H,2-3H2,1H3,(H,12,13);1-2H3. The van der Waals surface area contributed by atoms with E-state index in [2.05, 4.69) is 13.0 Å². The lowest BCUT2D eigenvalue weighted by atomic mass is 9.99. The fourth-order valence-electron chi connectivity index (χ4n) is 1.55. The van der Waals surface area contributed by atoms with Gasteiger partial charge in [0.2, 0.25) is 0 Å². The Bertz CT molecular complexity index is 409. The summed E-state index contributed by atoms with van der Waals surface area (Å²) in [6.07, 6.45) is 4.05. The molecule has 0 saturated carbocycles. The summed E-state index contributed by atoms with van der Waals surface area (Å²) in [6.45, 7) is 6.07. The molecule has 2 rings (SSSR count). The third-order valence-electron chi connectivity index (χ3n) is 2.32. The van der Waals surface area contributed by atoms with Gasteiger partial charge in [0.05, 0.1) is 4.88 Å². The molecule has 0 unspecified atom stereocenters. The van der Waals surface area contributed by atoms with E-state index in [4.69, 9.17) is 0 Å². The van der Waals surface area contributed by atoms with Crippen molar-refractivity contribution in [1.29, 1.82) is 0 Å². The van der Waals surface area contributed by atoms with Gasteiger partial charge in [0, 0.05) is 4.88 Å². The quantitative estimate of drug-likeness (QED) is 0.746. The Morgan fingerprint density at radius 1 is 1.44 bits per heavy atom. The Morgan fingerprint density at radius 2 is 2.12 bits per heavy atom. The SMILES string of the molecule is CC.CC1=Cc2sc(C(=O)NF)cc2CC1. The molecule has 0 atom stereocenters. The van der Waals surface area contributed by atoms with E-state index in [1.54, 1.807) is 6.07 Å². The third kappa shape index (κ3) is 2.70. The van der Waals surface area contributed by atoms with Gasteiger partial charge in [0.25, 0.3) is 5.91 Å². The molecule has 1 aliphatic rings. The topological polar surface area (TPSA) is 29.1 Å². The maximum Gasteiger partial charge on any atom is 0.289 e. The Kier molecular flexibility index (Phi) is 4.68. The summed E-state index contributed by atoms with van der Waals surface area (Å²) in [5, 5.41) is 0. The number of nitrogens with one attached hydrogen (secondary N) is 1. The first-order chi connectivity index (χ1) is 7.70. The minimum Gasteiger partial charge on any atom is -0.266 e. The first-order valence-corrected chi connectivity index (χ1v) is 6.23. The maximum absolute atomic E-state index is 11.9. The lowest BCUT2D eigenvalue weighted by Crippen LogP contribution is -2.11. The van der Waals surface area contributed by atoms with Crippen LogP contribution in [0.5, 0.6) is 0 Å². The highest BCUT2D eigenvalue weighted by atomic mass is 32.1. The van der Waals surface area contributed by atoms with Gasteiger partial charge in [0.15, 0.2) is 0 Å². The number of fused-ring (bicyclic) bond motifs is 1. The average molecular weight is 241 g/mol. The van der Waals surface area contributed by atoms with Crippen molar-refractivity contribution in [2.45, 2.75) is 33.6 Å². The molecule has 4 heteroatoms. The summed E-state index contributed by atoms with van der Waals surface area (Å²) < 4.78 is 11.9. The third-order valence-corrected chi connectivity index (χ3v) is 3.44. The van der Waals surface area contributed by atoms with Crippen LogP contribution in [0, 0.1) is 0 Å². The van der Waals surface area contributed by atoms with Crippen molar-refractivity contribution in [2.75, 3.05) is 0 Å². The molecule has 1 N–H and O–H groups in total. The fourth-order valence-corrected chi connectivity index (χ4v) is 2.67. The summed E-state index contributed by atoms with van der Waals surface area (Å²) in [4.78, 5) is 12.6. The maximum atomic E-state index is 11.9. The second kappa shape index (κ2) is 5.80. The molecule has 1 aliphatic carbocycles. The number of allylic oxidation sites excluding steroid dienone is 1. The molecule has 1 aromatic rings. The average Bonchev–Trinajstić information content (AvgIpc) is 2.73. The predicted molar refractivity (Wildman–Crippen MR) is 66.2 cm³/mol. The first-order valence-electron chi connectivity index (χ1n) is 5.41. The monoisotopic (exact) mass is 241 g/mol. The number of carbonyl (C=O) groups is 1. The van der Waals surface area contributed by atoms with E-state index in [1.165, 1.54) is 16.9 Å². The largest absolute Gasteiger partial charge is 0.289 e. The number of halogens is 1. The van der Waals surface area contributed by atoms with Crippen LogP contribution in [0.3, 0.4) is 0 Å². The molecule has 1 aromatic heterocycles. The van der Waals surface area contributed by atoms with E-state index in [0.29, 0.717) is 4.88 Å². The normalized spacial score (nSPS) is 13.1. The summed E-state index contributed by atoms with van der Waals surface area (Å²) in [7, 11) is 0. The van der Waals surface area contributed by atoms with Crippen LogP contribution in [0.2, 0.25) is 0 Å². The summed E-state index contributed by atoms with van der Waals surface area (Å²) >= 11 is 1.34. The van der Waals surface area contributed by atoms with Crippen LogP contribution in [0.15, 0.2) is 11.6 Å². The lowest BCUT2D eigenvalue weighted by Gasteiger charge is -2.07. The van der Waals surface area contributed by atoms with Crippen molar-refractivity contribution in [2.24, 2.45) is 0 Å². The molecule has 88 valence electrons. The van der Waals surface area contributed by atoms with Crippen molar-refractivity contribution in [3.8, 4) is 0 Å². The van der Waals surface area contributed by atoms with Crippen molar-refractivity contribution in [3.63, 3.8) is 0 Å². The van der Waals surface area contributed by atoms with Gasteiger partial charge in [-0.3, -0.25) is 4.79 Å². The minimum atomic E-state index is -0.643. The number of aryl methyl sites for hydroxylation is 1. The second-order valence-electron chi connectivity index (χ2n) is 3.41. The van der Waals surface area contributed by atoms with Crippen LogP contribution in [0.1, 0.15) is 47.3 Å². The lowest BCUT2D eigenvalue weighted by molar-refractivity contribution is 0.0864. The minimum absolute atomic E-state index is 0.448. The summed E-state index contributed by atoms with van der Waals surface area (Å²) in [6, 6.07) is 1.78. The van der Waals surface area contributed by atoms with Gasteiger partial charge in [-0.15, -0.1) is 11.3 Å². The molecule has 0 aliphatic heterocycles. The number of hydrogen-bond acceptors (Lipinski definition) is 2. The molecule has 0 aromatic carbocycles. The summed E-state index contributed by atoms with van der Waals surface area (Å²) in [5.74, 6) is -0.643. The van der Waals surface area contributed by atoms with Crippen LogP contribution in [-0.2, 0) is 6.42 Å². The zero-order valence-electron chi connectivity index (χ0n) is 9.76. The van der Waals surface area contributed by atoms with Gasteiger partial charge in [-0.2, -0.15) is 5.54 Å². The molecule has 0 fully saturated rings. The molecular formula is C12H16FNOS. The van der Waals surface area contributed by atoms with Gasteiger partial charge in [0.1, 0.15) is 0 Å². The number of carbonyl (C=O) groups excluding carboxylic acids is 1. The molecule has 0 spiro atoms. The van der Waals surface area contributed by atoms with Crippen molar-refractivity contribution in [1.82, 2.24) is 5.54 Å². The number of hydrogen-bond donors (Lipinski definition) is 1. The number of amides is 1. The molecule has 1 amide bonds. The van der Waals surface area contributed by atoms with Crippen molar-refractivity contribution in [3.05, 3.63) is 27.0 Å². The van der Waals surface area contributed by atoms with E-state index >= 15 is 0 Å². The number of thiophene rings is 1. The zero-order valence-corrected chi connectivity index (χ0v) is 10.6. The first kappa shape index (κ1) is 12.9. The smallest absolute Gasteiger partial charge is 0.266 e. The Morgan fingerprint density at radius 3 is 2.75 bits per heavy atom. The van der Waals surface area contributed by atoms with Crippen LogP contribution >= 0.6 is 11.3 Å². The second-order valence-corrected chi connectivity index (χ2v) is 4.50. The molecule has 0 saturated heterocycles. The molecule has 16 heavy (non-hydrogen) atoms. The molecule has 0 bridgehead atoms. The predicted octanol–water partition coefficient (Wildman–Crippen LogP) is 3.74. The fraction of sp³-hybridized carbons (Fsp3) is 0.417. The van der Waals surface area contributed by atoms with Crippen LogP contribution in [0.25, 0.3) is 6.08 Å². The molecule has 1 heterocycles. The Labute approximate surface area is 99.1 Å². The molecular weight excluding hydrogens is 225 g/mol. The van der Waals surface area contributed by atoms with Gasteiger partial charge < -0.3 is 0 Å². The van der Waals surface area contributed by atoms with E-state index in [1.807, 2.05) is 13.8 Å². The highest BCUT2D eigenvalue weighted by Crippen LogP contribution is 2.31. The van der Waals surface area contributed by atoms with Crippen LogP contribution in [0.4, 0.5) is 4.48 Å². The zero-order chi connectivity index (χ0) is 12.1. The van der Waals surface area contributed by atoms with E-state index < -0.39 is 5.91 Å². The van der Waals surface area contributed by atoms with Crippen molar-refractivity contribution < 1.29 is 9.28 Å². The molecule has 2 nitrogen and oxygen atoms in total. The van der Waals surface area contributed by atoms with Crippen molar-refractivity contribution >= 4 is 23.3 Å². The van der Waals surface area contributed by atoms with Gasteiger partial charge in [-0.1, -0.05) is 23.9 Å². The molecule has 0 radical (unpaired) electrons. The van der Waals surface area contributed by atoms with Gasteiger partial charge in [-0.25, -0.2) is 0 Å². The Hall–Kier alpha value is -1.16. The van der Waals surface area contributed by atoms with Crippen LogP contribution < -0.4 is 5.54 Å². The van der Waals surface area contributed by atoms with Gasteiger partial charge >= 0.3 is 0 Å². The van der Waals surface area contributed by atoms with E-state index in [-0.39, 0.29) is 0 Å². The van der Waals surface area contributed by atoms with Crippen LogP contribution in [-0.4, -0.2) is 5.91 Å². The van der Waals surface area contributed by atoms with E-state index in [9.17, 15) is 9.28 Å². The van der Waals surface area contributed by atoms with E-state index in [0.717, 1.165) is 28.8 Å². The number of rotatable bonds is 1.